The summed E-state index contributed by atoms with van der Waals surface area (Å²) in [5.41, 5.74) is 3.39. The maximum Gasteiger partial charge on any atom is 0.459 e. The number of para-hydroxylation sites is 1. The van der Waals surface area contributed by atoms with Crippen LogP contribution in [-0.4, -0.2) is 80.6 Å². The lowest BCUT2D eigenvalue weighted by molar-refractivity contribution is -0.202. The molecule has 1 aliphatic heterocycles. The maximum absolute atomic E-state index is 16.3. The fraction of sp³-hybridized carbons (Fsp3) is 0.538. The van der Waals surface area contributed by atoms with Crippen LogP contribution in [0.5, 0.6) is 5.75 Å². The van der Waals surface area contributed by atoms with Crippen LogP contribution in [-0.2, 0) is 23.4 Å². The van der Waals surface area contributed by atoms with Gasteiger partial charge in [0.1, 0.15) is 18.4 Å². The summed E-state index contributed by atoms with van der Waals surface area (Å²) in [7, 11) is -2.83. The minimum absolute atomic E-state index is 0.0336. The van der Waals surface area contributed by atoms with Crippen LogP contribution < -0.4 is 20.2 Å². The first-order chi connectivity index (χ1) is 20.1. The Morgan fingerprint density at radius 1 is 1.28 bits per heavy atom. The van der Waals surface area contributed by atoms with E-state index >= 15 is 8.78 Å². The number of aliphatic hydroxyl groups excluding tert-OH is 1. The largest absolute Gasteiger partial charge is 0.462 e. The van der Waals surface area contributed by atoms with E-state index in [1.54, 1.807) is 44.0 Å². The van der Waals surface area contributed by atoms with Gasteiger partial charge in [-0.15, -0.1) is 0 Å². The second kappa shape index (κ2) is 12.3. The van der Waals surface area contributed by atoms with E-state index in [9.17, 15) is 14.5 Å². The molecule has 0 spiro atoms. The molecule has 17 heteroatoms. The smallest absolute Gasteiger partial charge is 0.459 e. The number of anilines is 2. The zero-order chi connectivity index (χ0) is 31.7. The van der Waals surface area contributed by atoms with Crippen molar-refractivity contribution in [2.24, 2.45) is 0 Å². The van der Waals surface area contributed by atoms with Crippen LogP contribution in [0.1, 0.15) is 40.8 Å². The highest BCUT2D eigenvalue weighted by molar-refractivity contribution is 7.52. The first-order valence-corrected chi connectivity index (χ1v) is 15.1. The van der Waals surface area contributed by atoms with E-state index in [1.165, 1.54) is 25.4 Å². The molecular weight excluding hydrogens is 591 g/mol. The number of imidazole rings is 1. The van der Waals surface area contributed by atoms with Crippen LogP contribution in [0, 0.1) is 0 Å². The van der Waals surface area contributed by atoms with E-state index < -0.39 is 56.3 Å². The molecule has 43 heavy (non-hydrogen) atoms. The van der Waals surface area contributed by atoms with Crippen molar-refractivity contribution in [2.75, 3.05) is 30.8 Å². The van der Waals surface area contributed by atoms with Crippen molar-refractivity contribution in [1.29, 1.82) is 0 Å². The molecule has 0 aliphatic carbocycles. The second-order valence-corrected chi connectivity index (χ2v) is 12.3. The van der Waals surface area contributed by atoms with Gasteiger partial charge >= 0.3 is 13.7 Å². The number of aromatic nitrogens is 4. The van der Waals surface area contributed by atoms with Gasteiger partial charge in [0.2, 0.25) is 5.95 Å². The number of fused-ring (bicyclic) bond motifs is 1. The van der Waals surface area contributed by atoms with Gasteiger partial charge in [0.25, 0.3) is 5.85 Å². The number of nitrogens with zero attached hydrogens (tertiary/aromatic N) is 5. The molecule has 1 saturated heterocycles. The molecule has 2 aromatic heterocycles. The summed E-state index contributed by atoms with van der Waals surface area (Å²) < 4.78 is 68.7. The summed E-state index contributed by atoms with van der Waals surface area (Å²) in [6.45, 7) is 6.68. The third kappa shape index (κ3) is 6.73. The highest BCUT2D eigenvalue weighted by Gasteiger charge is 2.65. The molecule has 1 fully saturated rings. The maximum atomic E-state index is 16.3. The van der Waals surface area contributed by atoms with Gasteiger partial charge in [0, 0.05) is 13.6 Å². The number of hydrogen-bond donors (Lipinski definition) is 3. The molecule has 14 nitrogen and oxygen atoms in total. The average Bonchev–Trinajstić information content (AvgIpc) is 3.43. The molecular formula is C26H36F2N7O7P. The number of alkyl halides is 2. The number of carbonyl (C=O) groups is 1. The Morgan fingerprint density at radius 3 is 2.58 bits per heavy atom. The second-order valence-electron chi connectivity index (χ2n) is 10.6. The summed E-state index contributed by atoms with van der Waals surface area (Å²) in [4.78, 5) is 26.7. The molecule has 1 aromatic carbocycles. The van der Waals surface area contributed by atoms with Gasteiger partial charge in [-0.05, 0) is 46.8 Å². The predicted octanol–water partition coefficient (Wildman–Crippen LogP) is 3.28. The lowest BCUT2D eigenvalue weighted by atomic mass is 9.97. The fourth-order valence-corrected chi connectivity index (χ4v) is 5.88. The van der Waals surface area contributed by atoms with Crippen LogP contribution in [0.3, 0.4) is 0 Å². The van der Waals surface area contributed by atoms with E-state index in [0.29, 0.717) is 12.4 Å². The molecule has 4 rings (SSSR count). The van der Waals surface area contributed by atoms with Crippen molar-refractivity contribution in [3.8, 4) is 5.75 Å². The van der Waals surface area contributed by atoms with Gasteiger partial charge in [-0.3, -0.25) is 13.9 Å². The average molecular weight is 628 g/mol. The summed E-state index contributed by atoms with van der Waals surface area (Å²) in [5, 5.41) is 13.2. The van der Waals surface area contributed by atoms with Crippen LogP contribution in [0.25, 0.3) is 11.2 Å². The normalized spacial score (nSPS) is 25.9. The van der Waals surface area contributed by atoms with Gasteiger partial charge in [-0.25, -0.2) is 18.3 Å². The molecule has 3 aromatic rings. The number of rotatable bonds is 12. The number of nitrogen functional groups attached to an aromatic ring is 1. The zero-order valence-electron chi connectivity index (χ0n) is 24.6. The number of halogens is 2. The van der Waals surface area contributed by atoms with Crippen molar-refractivity contribution in [3.63, 3.8) is 0 Å². The van der Waals surface area contributed by atoms with Crippen molar-refractivity contribution in [1.82, 2.24) is 24.6 Å². The standard InChI is InChI=1S/C26H36F2N7O7P/c1-7-34(6)19-18-20(32-24(29)31-19)35(14-30-18)23-25(5,27)22(37)26(28,41-23)13-39-43(38,42-17-11-9-8-10-12-17)33-16(4)21(36)40-15(2)3/h8-12,14-16,22-23,37H,7,13H2,1-6H3,(H,33,38)(H2,29,31,32)/t16-,22-,23+,25+,26+,43-/m0/s1. The topological polar surface area (TPSA) is 176 Å². The van der Waals surface area contributed by atoms with Gasteiger partial charge in [0.05, 0.1) is 12.4 Å². The van der Waals surface area contributed by atoms with E-state index in [0.717, 1.165) is 11.5 Å². The lowest BCUT2D eigenvalue weighted by Gasteiger charge is -2.28. The van der Waals surface area contributed by atoms with Gasteiger partial charge in [0.15, 0.2) is 35.0 Å². The summed E-state index contributed by atoms with van der Waals surface area (Å²) in [6, 6.07) is 6.54. The Bertz CT molecular complexity index is 1500. The third-order valence-corrected chi connectivity index (χ3v) is 8.32. The van der Waals surface area contributed by atoms with Gasteiger partial charge in [-0.1, -0.05) is 18.2 Å². The quantitative estimate of drug-likeness (QED) is 0.197. The van der Waals surface area contributed by atoms with E-state index in [1.807, 2.05) is 6.92 Å². The van der Waals surface area contributed by atoms with E-state index in [-0.39, 0.29) is 22.9 Å². The molecule has 3 heterocycles. The molecule has 0 unspecified atom stereocenters. The highest BCUT2D eigenvalue weighted by Crippen LogP contribution is 2.52. The van der Waals surface area contributed by atoms with Crippen LogP contribution in [0.4, 0.5) is 20.5 Å². The van der Waals surface area contributed by atoms with Crippen LogP contribution >= 0.6 is 7.75 Å². The number of hydrogen-bond acceptors (Lipinski definition) is 12. The van der Waals surface area contributed by atoms with Crippen molar-refractivity contribution in [3.05, 3.63) is 36.7 Å². The fourth-order valence-electron chi connectivity index (χ4n) is 4.38. The summed E-state index contributed by atoms with van der Waals surface area (Å²) in [6.07, 6.45) is -3.55. The Hall–Kier alpha value is -3.43. The number of ether oxygens (including phenoxy) is 2. The minimum Gasteiger partial charge on any atom is -0.462 e. The third-order valence-electron chi connectivity index (χ3n) is 6.70. The lowest BCUT2D eigenvalue weighted by Crippen LogP contribution is -2.47. The molecule has 0 bridgehead atoms. The number of carbonyl (C=O) groups excluding carboxylic acids is 1. The number of nitrogens with one attached hydrogen (secondary N) is 1. The molecule has 0 saturated carbocycles. The molecule has 0 radical (unpaired) electrons. The number of nitrogens with two attached hydrogens (primary N) is 1. The summed E-state index contributed by atoms with van der Waals surface area (Å²) >= 11 is 0. The van der Waals surface area contributed by atoms with Crippen molar-refractivity contribution < 1.29 is 41.8 Å². The zero-order valence-corrected chi connectivity index (χ0v) is 25.5. The van der Waals surface area contributed by atoms with Crippen LogP contribution in [0.15, 0.2) is 36.7 Å². The van der Waals surface area contributed by atoms with Crippen molar-refractivity contribution >= 4 is 36.6 Å². The van der Waals surface area contributed by atoms with Gasteiger partial charge in [-0.2, -0.15) is 15.1 Å². The SMILES string of the molecule is CCN(C)c1nc(N)nc2c1ncn2[C@@H]1O[C@](F)(CO[P@@](=O)(N[C@@H](C)C(=O)OC(C)C)Oc2ccccc2)[C@@H](O)[C@@]1(C)F. The number of esters is 1. The summed E-state index contributed by atoms with van der Waals surface area (Å²) in [5.74, 6) is -3.75. The van der Waals surface area contributed by atoms with E-state index in [4.69, 9.17) is 24.3 Å². The number of aliphatic hydroxyl groups is 1. The molecule has 0 amide bonds. The molecule has 4 N–H and O–H groups in total. The Morgan fingerprint density at radius 2 is 1.95 bits per heavy atom. The number of benzene rings is 1. The molecule has 6 atom stereocenters. The Labute approximate surface area is 247 Å². The van der Waals surface area contributed by atoms with Gasteiger partial charge < -0.3 is 29.7 Å². The first-order valence-electron chi connectivity index (χ1n) is 13.5. The van der Waals surface area contributed by atoms with E-state index in [2.05, 4.69) is 20.0 Å². The minimum atomic E-state index is -4.57. The Kier molecular flexibility index (Phi) is 9.28. The predicted molar refractivity (Wildman–Crippen MR) is 153 cm³/mol. The molecule has 236 valence electrons. The first kappa shape index (κ1) is 32.5. The van der Waals surface area contributed by atoms with Crippen LogP contribution in [0.2, 0.25) is 0 Å². The highest BCUT2D eigenvalue weighted by atomic mass is 31.2. The monoisotopic (exact) mass is 627 g/mol. The molecule has 1 aliphatic rings. The Balaban J connectivity index is 1.63. The van der Waals surface area contributed by atoms with Crippen molar-refractivity contribution in [2.45, 2.75) is 70.6 Å².